The highest BCUT2D eigenvalue weighted by Gasteiger charge is 2.28. The third-order valence-corrected chi connectivity index (χ3v) is 5.87. The average molecular weight is 419 g/mol. The van der Waals surface area contributed by atoms with Crippen molar-refractivity contribution < 1.29 is 13.9 Å². The molecule has 0 unspecified atom stereocenters. The van der Waals surface area contributed by atoms with E-state index in [2.05, 4.69) is 60.4 Å². The molecule has 0 spiro atoms. The molecule has 1 fully saturated rings. The minimum atomic E-state index is -0.518. The molecule has 4 rings (SSSR count). The van der Waals surface area contributed by atoms with Crippen LogP contribution in [0.4, 0.5) is 4.39 Å². The molecule has 0 N–H and O–H groups in total. The SMILES string of the molecule is COc1ccc(C(=O)N2CCN([C@H](c3ccccc3)c3ccc(C)cc3)CC2)cc1F. The number of methoxy groups -OCH3 is 1. The fraction of sp³-hybridized carbons (Fsp3) is 0.269. The number of aryl methyl sites for hydroxylation is 1. The van der Waals surface area contributed by atoms with Crippen LogP contribution in [0.5, 0.6) is 5.75 Å². The number of piperazine rings is 1. The Hall–Kier alpha value is -3.18. The predicted molar refractivity (Wildman–Crippen MR) is 120 cm³/mol. The van der Waals surface area contributed by atoms with Gasteiger partial charge >= 0.3 is 0 Å². The molecule has 0 saturated carbocycles. The molecule has 1 heterocycles. The molecule has 1 aliphatic heterocycles. The van der Waals surface area contributed by atoms with Gasteiger partial charge in [0, 0.05) is 31.7 Å². The van der Waals surface area contributed by atoms with Crippen molar-refractivity contribution in [2.24, 2.45) is 0 Å². The van der Waals surface area contributed by atoms with Gasteiger partial charge in [-0.2, -0.15) is 0 Å². The lowest BCUT2D eigenvalue weighted by molar-refractivity contribution is 0.0597. The van der Waals surface area contributed by atoms with Crippen LogP contribution in [0.25, 0.3) is 0 Å². The van der Waals surface area contributed by atoms with Gasteiger partial charge in [-0.1, -0.05) is 60.2 Å². The van der Waals surface area contributed by atoms with Crippen LogP contribution in [-0.2, 0) is 0 Å². The van der Waals surface area contributed by atoms with Crippen molar-refractivity contribution in [2.45, 2.75) is 13.0 Å². The first kappa shape index (κ1) is 21.1. The maximum Gasteiger partial charge on any atom is 0.254 e. The second kappa shape index (κ2) is 9.31. The maximum absolute atomic E-state index is 14.0. The summed E-state index contributed by atoms with van der Waals surface area (Å²) < 4.78 is 19.0. The molecule has 0 aliphatic carbocycles. The number of nitrogens with zero attached hydrogens (tertiary/aromatic N) is 2. The van der Waals surface area contributed by atoms with Crippen LogP contribution in [0.3, 0.4) is 0 Å². The maximum atomic E-state index is 14.0. The van der Waals surface area contributed by atoms with Crippen molar-refractivity contribution in [2.75, 3.05) is 33.3 Å². The molecule has 3 aromatic rings. The topological polar surface area (TPSA) is 32.8 Å². The molecule has 1 atom stereocenters. The Morgan fingerprint density at radius 3 is 2.16 bits per heavy atom. The number of benzene rings is 3. The van der Waals surface area contributed by atoms with E-state index < -0.39 is 5.82 Å². The molecule has 0 radical (unpaired) electrons. The number of ether oxygens (including phenoxy) is 1. The number of hydrogen-bond donors (Lipinski definition) is 0. The molecule has 4 nitrogen and oxygen atoms in total. The van der Waals surface area contributed by atoms with E-state index in [1.807, 2.05) is 6.07 Å². The molecule has 5 heteroatoms. The highest BCUT2D eigenvalue weighted by molar-refractivity contribution is 5.94. The van der Waals surface area contributed by atoms with E-state index in [1.165, 1.54) is 35.9 Å². The van der Waals surface area contributed by atoms with E-state index in [0.29, 0.717) is 18.7 Å². The van der Waals surface area contributed by atoms with Gasteiger partial charge in [0.2, 0.25) is 0 Å². The zero-order chi connectivity index (χ0) is 21.8. The number of halogens is 1. The zero-order valence-electron chi connectivity index (χ0n) is 17.9. The van der Waals surface area contributed by atoms with Crippen molar-refractivity contribution in [3.8, 4) is 5.75 Å². The van der Waals surface area contributed by atoms with Crippen LogP contribution in [0.1, 0.15) is 33.1 Å². The van der Waals surface area contributed by atoms with E-state index in [0.717, 1.165) is 13.1 Å². The number of carbonyl (C=O) groups excluding carboxylic acids is 1. The summed E-state index contributed by atoms with van der Waals surface area (Å²) in [6.07, 6.45) is 0. The van der Waals surface area contributed by atoms with Gasteiger partial charge in [0.25, 0.3) is 5.91 Å². The van der Waals surface area contributed by atoms with Crippen LogP contribution >= 0.6 is 0 Å². The van der Waals surface area contributed by atoms with Crippen LogP contribution in [-0.4, -0.2) is 49.0 Å². The first-order chi connectivity index (χ1) is 15.1. The van der Waals surface area contributed by atoms with Gasteiger partial charge in [0.15, 0.2) is 11.6 Å². The van der Waals surface area contributed by atoms with E-state index in [9.17, 15) is 9.18 Å². The molecule has 31 heavy (non-hydrogen) atoms. The molecular weight excluding hydrogens is 391 g/mol. The van der Waals surface area contributed by atoms with Gasteiger partial charge in [-0.3, -0.25) is 9.69 Å². The lowest BCUT2D eigenvalue weighted by Crippen LogP contribution is -2.49. The third-order valence-electron chi connectivity index (χ3n) is 5.87. The van der Waals surface area contributed by atoms with Gasteiger partial charge < -0.3 is 9.64 Å². The van der Waals surface area contributed by atoms with Gasteiger partial charge in [-0.15, -0.1) is 0 Å². The van der Waals surface area contributed by atoms with Gasteiger partial charge in [-0.05, 0) is 36.2 Å². The van der Waals surface area contributed by atoms with Crippen LogP contribution < -0.4 is 4.74 Å². The Labute approximate surface area is 182 Å². The lowest BCUT2D eigenvalue weighted by Gasteiger charge is -2.40. The average Bonchev–Trinajstić information content (AvgIpc) is 2.81. The van der Waals surface area contributed by atoms with Gasteiger partial charge in [0.1, 0.15) is 0 Å². The number of amides is 1. The molecule has 160 valence electrons. The van der Waals surface area contributed by atoms with Crippen molar-refractivity contribution in [3.63, 3.8) is 0 Å². The fourth-order valence-corrected chi connectivity index (χ4v) is 4.16. The normalized spacial score (nSPS) is 15.5. The highest BCUT2D eigenvalue weighted by atomic mass is 19.1. The Balaban J connectivity index is 1.50. The minimum Gasteiger partial charge on any atom is -0.494 e. The van der Waals surface area contributed by atoms with E-state index in [1.54, 1.807) is 11.0 Å². The summed E-state index contributed by atoms with van der Waals surface area (Å²) in [6, 6.07) is 23.6. The first-order valence-electron chi connectivity index (χ1n) is 10.5. The zero-order valence-corrected chi connectivity index (χ0v) is 17.9. The largest absolute Gasteiger partial charge is 0.494 e. The van der Waals surface area contributed by atoms with Crippen molar-refractivity contribution in [1.29, 1.82) is 0 Å². The second-order valence-electron chi connectivity index (χ2n) is 7.90. The quantitative estimate of drug-likeness (QED) is 0.603. The molecule has 0 aromatic heterocycles. The van der Waals surface area contributed by atoms with E-state index in [-0.39, 0.29) is 17.7 Å². The summed E-state index contributed by atoms with van der Waals surface area (Å²) >= 11 is 0. The molecule has 0 bridgehead atoms. The highest BCUT2D eigenvalue weighted by Crippen LogP contribution is 2.30. The van der Waals surface area contributed by atoms with Crippen molar-refractivity contribution in [3.05, 3.63) is 101 Å². The fourth-order valence-electron chi connectivity index (χ4n) is 4.16. The Morgan fingerprint density at radius 1 is 0.903 bits per heavy atom. The van der Waals surface area contributed by atoms with Crippen LogP contribution in [0.15, 0.2) is 72.8 Å². The lowest BCUT2D eigenvalue weighted by atomic mass is 9.95. The summed E-state index contributed by atoms with van der Waals surface area (Å²) in [5.74, 6) is -0.520. The summed E-state index contributed by atoms with van der Waals surface area (Å²) in [5, 5.41) is 0. The number of carbonyl (C=O) groups is 1. The van der Waals surface area contributed by atoms with Crippen LogP contribution in [0, 0.1) is 12.7 Å². The molecular formula is C26H27FN2O2. The van der Waals surface area contributed by atoms with Crippen molar-refractivity contribution in [1.82, 2.24) is 9.80 Å². The predicted octanol–water partition coefficient (Wildman–Crippen LogP) is 4.69. The van der Waals surface area contributed by atoms with Crippen molar-refractivity contribution >= 4 is 5.91 Å². The molecule has 1 amide bonds. The first-order valence-corrected chi connectivity index (χ1v) is 10.5. The molecule has 3 aromatic carbocycles. The standard InChI is InChI=1S/C26H27FN2O2/c1-19-8-10-21(11-9-19)25(20-6-4-3-5-7-20)28-14-16-29(17-15-28)26(30)22-12-13-24(31-2)23(27)18-22/h3-13,18,25H,14-17H2,1-2H3/t25-/m1/s1. The number of rotatable bonds is 5. The number of hydrogen-bond acceptors (Lipinski definition) is 3. The second-order valence-corrected chi connectivity index (χ2v) is 7.90. The third kappa shape index (κ3) is 4.62. The van der Waals surface area contributed by atoms with Gasteiger partial charge in [0.05, 0.1) is 13.2 Å². The Morgan fingerprint density at radius 2 is 1.55 bits per heavy atom. The summed E-state index contributed by atoms with van der Waals surface area (Å²) in [5.41, 5.74) is 4.07. The summed E-state index contributed by atoms with van der Waals surface area (Å²) in [6.45, 7) is 4.78. The summed E-state index contributed by atoms with van der Waals surface area (Å²) in [4.78, 5) is 17.1. The molecule has 1 aliphatic rings. The van der Waals surface area contributed by atoms with Crippen LogP contribution in [0.2, 0.25) is 0 Å². The summed E-state index contributed by atoms with van der Waals surface area (Å²) in [7, 11) is 1.41. The van der Waals surface area contributed by atoms with E-state index in [4.69, 9.17) is 4.74 Å². The smallest absolute Gasteiger partial charge is 0.254 e. The Kier molecular flexibility index (Phi) is 6.33. The Bertz CT molecular complexity index is 1030. The molecule has 1 saturated heterocycles. The minimum absolute atomic E-state index is 0.137. The monoisotopic (exact) mass is 418 g/mol. The van der Waals surface area contributed by atoms with Gasteiger partial charge in [-0.25, -0.2) is 4.39 Å². The van der Waals surface area contributed by atoms with E-state index >= 15 is 0 Å².